The summed E-state index contributed by atoms with van der Waals surface area (Å²) in [7, 11) is -1.40. The summed E-state index contributed by atoms with van der Waals surface area (Å²) in [5.74, 6) is 0.815. The largest absolute Gasteiger partial charge is 0.488 e. The molecule has 0 aromatic heterocycles. The van der Waals surface area contributed by atoms with E-state index >= 15 is 0 Å². The van der Waals surface area contributed by atoms with E-state index in [0.717, 1.165) is 11.3 Å². The van der Waals surface area contributed by atoms with E-state index in [2.05, 4.69) is 45.0 Å². The average Bonchev–Trinajstić information content (AvgIpc) is 2.45. The highest BCUT2D eigenvalue weighted by molar-refractivity contribution is 7.98. The van der Waals surface area contributed by atoms with Crippen LogP contribution in [0.15, 0.2) is 53.4 Å². The molecule has 21 heavy (non-hydrogen) atoms. The van der Waals surface area contributed by atoms with Gasteiger partial charge in [0.2, 0.25) is 0 Å². The quantitative estimate of drug-likeness (QED) is 0.674. The topological polar surface area (TPSA) is 40.5 Å². The summed E-state index contributed by atoms with van der Waals surface area (Å²) < 4.78 is 0. The Balaban J connectivity index is 2.01. The maximum atomic E-state index is 9.19. The SMILES string of the molecule is CC(C)(C)c1ccc(SCc2cccc(B(O)O)c2)cc1. The Bertz CT molecular complexity index is 588. The predicted octanol–water partition coefficient (Wildman–Crippen LogP) is 2.96. The van der Waals surface area contributed by atoms with Crippen molar-refractivity contribution in [2.24, 2.45) is 0 Å². The molecular weight excluding hydrogens is 279 g/mol. The van der Waals surface area contributed by atoms with E-state index in [1.54, 1.807) is 17.8 Å². The second-order valence-electron chi connectivity index (χ2n) is 6.18. The molecule has 110 valence electrons. The number of hydrogen-bond donors (Lipinski definition) is 2. The van der Waals surface area contributed by atoms with Crippen LogP contribution in [0.3, 0.4) is 0 Å². The van der Waals surface area contributed by atoms with E-state index in [1.807, 2.05) is 18.2 Å². The van der Waals surface area contributed by atoms with Gasteiger partial charge in [0, 0.05) is 10.6 Å². The molecule has 0 aliphatic rings. The summed E-state index contributed by atoms with van der Waals surface area (Å²) in [4.78, 5) is 1.22. The fourth-order valence-corrected chi connectivity index (χ4v) is 2.90. The Morgan fingerprint density at radius 3 is 2.24 bits per heavy atom. The number of benzene rings is 2. The summed E-state index contributed by atoms with van der Waals surface area (Å²) in [6.45, 7) is 6.63. The van der Waals surface area contributed by atoms with Gasteiger partial charge in [-0.15, -0.1) is 11.8 Å². The summed E-state index contributed by atoms with van der Waals surface area (Å²) >= 11 is 1.75. The molecule has 2 aromatic carbocycles. The molecule has 2 N–H and O–H groups in total. The van der Waals surface area contributed by atoms with Crippen LogP contribution in [-0.2, 0) is 11.2 Å². The molecule has 0 amide bonds. The zero-order valence-electron chi connectivity index (χ0n) is 12.7. The van der Waals surface area contributed by atoms with Crippen LogP contribution in [0.4, 0.5) is 0 Å². The lowest BCUT2D eigenvalue weighted by Crippen LogP contribution is -2.29. The van der Waals surface area contributed by atoms with Gasteiger partial charge < -0.3 is 10.0 Å². The Kier molecular flexibility index (Phi) is 5.15. The van der Waals surface area contributed by atoms with Crippen molar-refractivity contribution >= 4 is 24.3 Å². The van der Waals surface area contributed by atoms with Crippen molar-refractivity contribution < 1.29 is 10.0 Å². The van der Waals surface area contributed by atoms with E-state index in [-0.39, 0.29) is 5.41 Å². The molecule has 4 heteroatoms. The third-order valence-electron chi connectivity index (χ3n) is 3.38. The van der Waals surface area contributed by atoms with Crippen LogP contribution >= 0.6 is 11.8 Å². The van der Waals surface area contributed by atoms with Gasteiger partial charge in [-0.1, -0.05) is 57.2 Å². The summed E-state index contributed by atoms with van der Waals surface area (Å²) in [5.41, 5.74) is 3.13. The Morgan fingerprint density at radius 1 is 1.00 bits per heavy atom. The lowest BCUT2D eigenvalue weighted by atomic mass is 9.80. The van der Waals surface area contributed by atoms with E-state index in [9.17, 15) is 10.0 Å². The van der Waals surface area contributed by atoms with Crippen molar-refractivity contribution in [2.75, 3.05) is 0 Å². The minimum Gasteiger partial charge on any atom is -0.423 e. The van der Waals surface area contributed by atoms with E-state index in [1.165, 1.54) is 10.5 Å². The Hall–Kier alpha value is -1.23. The second-order valence-corrected chi connectivity index (χ2v) is 7.23. The van der Waals surface area contributed by atoms with Crippen LogP contribution in [0.5, 0.6) is 0 Å². The maximum absolute atomic E-state index is 9.19. The van der Waals surface area contributed by atoms with Crippen LogP contribution in [0.2, 0.25) is 0 Å². The smallest absolute Gasteiger partial charge is 0.423 e. The second kappa shape index (κ2) is 6.69. The van der Waals surface area contributed by atoms with Crippen molar-refractivity contribution in [2.45, 2.75) is 36.8 Å². The molecule has 0 unspecified atom stereocenters. The number of hydrogen-bond acceptors (Lipinski definition) is 3. The van der Waals surface area contributed by atoms with Gasteiger partial charge in [0.05, 0.1) is 0 Å². The molecule has 0 spiro atoms. The van der Waals surface area contributed by atoms with Crippen molar-refractivity contribution in [3.8, 4) is 0 Å². The van der Waals surface area contributed by atoms with E-state index < -0.39 is 7.12 Å². The molecule has 0 aliphatic carbocycles. The van der Waals surface area contributed by atoms with Gasteiger partial charge >= 0.3 is 7.12 Å². The van der Waals surface area contributed by atoms with Crippen LogP contribution < -0.4 is 5.46 Å². The third kappa shape index (κ3) is 4.63. The Morgan fingerprint density at radius 2 is 1.67 bits per heavy atom. The van der Waals surface area contributed by atoms with Crippen LogP contribution in [0, 0.1) is 0 Å². The zero-order valence-corrected chi connectivity index (χ0v) is 13.5. The molecule has 0 saturated carbocycles. The molecule has 2 rings (SSSR count). The van der Waals surface area contributed by atoms with Gasteiger partial charge in [-0.25, -0.2) is 0 Å². The summed E-state index contributed by atoms with van der Waals surface area (Å²) in [5, 5.41) is 18.4. The van der Waals surface area contributed by atoms with Crippen molar-refractivity contribution in [3.63, 3.8) is 0 Å². The van der Waals surface area contributed by atoms with E-state index in [4.69, 9.17) is 0 Å². The summed E-state index contributed by atoms with van der Waals surface area (Å²) in [6, 6.07) is 16.1. The first kappa shape index (κ1) is 16.2. The monoisotopic (exact) mass is 300 g/mol. The van der Waals surface area contributed by atoms with Gasteiger partial charge in [0.15, 0.2) is 0 Å². The fraction of sp³-hybridized carbons (Fsp3) is 0.294. The normalized spacial score (nSPS) is 11.5. The van der Waals surface area contributed by atoms with Crippen LogP contribution in [0.25, 0.3) is 0 Å². The highest BCUT2D eigenvalue weighted by Crippen LogP contribution is 2.27. The zero-order chi connectivity index (χ0) is 15.5. The van der Waals surface area contributed by atoms with Crippen LogP contribution in [0.1, 0.15) is 31.9 Å². The van der Waals surface area contributed by atoms with Crippen molar-refractivity contribution in [3.05, 3.63) is 59.7 Å². The minimum atomic E-state index is -1.40. The van der Waals surface area contributed by atoms with Gasteiger partial charge in [-0.05, 0) is 34.1 Å². The van der Waals surface area contributed by atoms with Gasteiger partial charge in [0.1, 0.15) is 0 Å². The molecule has 0 fully saturated rings. The molecular formula is C17H21BO2S. The highest BCUT2D eigenvalue weighted by Gasteiger charge is 2.13. The molecule has 0 radical (unpaired) electrons. The molecule has 0 atom stereocenters. The Labute approximate surface area is 131 Å². The lowest BCUT2D eigenvalue weighted by Gasteiger charge is -2.19. The third-order valence-corrected chi connectivity index (χ3v) is 4.46. The average molecular weight is 300 g/mol. The van der Waals surface area contributed by atoms with E-state index in [0.29, 0.717) is 5.46 Å². The first-order chi connectivity index (χ1) is 9.86. The minimum absolute atomic E-state index is 0.175. The standard InChI is InChI=1S/C17H21BO2S/c1-17(2,3)14-7-9-16(10-8-14)21-12-13-5-4-6-15(11-13)18(19)20/h4-11,19-20H,12H2,1-3H3. The van der Waals surface area contributed by atoms with Crippen LogP contribution in [-0.4, -0.2) is 17.2 Å². The highest BCUT2D eigenvalue weighted by atomic mass is 32.2. The molecule has 0 heterocycles. The van der Waals surface area contributed by atoms with Crippen molar-refractivity contribution in [1.82, 2.24) is 0 Å². The molecule has 2 aromatic rings. The van der Waals surface area contributed by atoms with Gasteiger partial charge in [-0.2, -0.15) is 0 Å². The molecule has 2 nitrogen and oxygen atoms in total. The molecule has 0 saturated heterocycles. The lowest BCUT2D eigenvalue weighted by molar-refractivity contribution is 0.425. The first-order valence-electron chi connectivity index (χ1n) is 7.04. The van der Waals surface area contributed by atoms with Gasteiger partial charge in [-0.3, -0.25) is 0 Å². The maximum Gasteiger partial charge on any atom is 0.488 e. The predicted molar refractivity (Wildman–Crippen MR) is 91.0 cm³/mol. The first-order valence-corrected chi connectivity index (χ1v) is 8.03. The molecule has 0 aliphatic heterocycles. The van der Waals surface area contributed by atoms with Crippen molar-refractivity contribution in [1.29, 1.82) is 0 Å². The van der Waals surface area contributed by atoms with Gasteiger partial charge in [0.25, 0.3) is 0 Å². The number of thioether (sulfide) groups is 1. The number of rotatable bonds is 4. The summed E-state index contributed by atoms with van der Waals surface area (Å²) in [6.07, 6.45) is 0. The molecule has 0 bridgehead atoms. The fourth-order valence-electron chi connectivity index (χ4n) is 2.06.